The molecule has 11 heteroatoms. The maximum absolute atomic E-state index is 13.6. The molecule has 0 aliphatic rings. The van der Waals surface area contributed by atoms with E-state index in [-0.39, 0.29) is 18.3 Å². The van der Waals surface area contributed by atoms with Crippen molar-refractivity contribution in [3.63, 3.8) is 0 Å². The van der Waals surface area contributed by atoms with Crippen molar-refractivity contribution in [1.82, 2.24) is 14.5 Å². The molecule has 1 amide bonds. The second kappa shape index (κ2) is 11.5. The number of carboxylic acid groups (broad SMARTS) is 1. The van der Waals surface area contributed by atoms with Crippen LogP contribution < -0.4 is 5.32 Å². The maximum atomic E-state index is 13.6. The minimum Gasteiger partial charge on any atom is -0.478 e. The van der Waals surface area contributed by atoms with Gasteiger partial charge in [0.25, 0.3) is 0 Å². The standard InChI is InChI=1S/C23H23FN4O5S/c1-14(29)26-18-12-16(8-10-25-18)22-21(15-4-6-17(24)7-5-15)27-23(34-11-9-19(30)31)28(22)13-20(32-2)33-3/h4-12,20H,13H2,1-3H3,(H,30,31)(H,25,26,29)/b11-9-. The molecule has 2 N–H and O–H groups in total. The Kier molecular flexibility index (Phi) is 8.52. The topological polar surface area (TPSA) is 116 Å². The van der Waals surface area contributed by atoms with Gasteiger partial charge < -0.3 is 24.5 Å². The smallest absolute Gasteiger partial charge is 0.328 e. The van der Waals surface area contributed by atoms with Crippen molar-refractivity contribution in [2.24, 2.45) is 0 Å². The first-order chi connectivity index (χ1) is 16.3. The number of hydrogen-bond donors (Lipinski definition) is 2. The van der Waals surface area contributed by atoms with Crippen LogP contribution >= 0.6 is 11.8 Å². The van der Waals surface area contributed by atoms with Crippen molar-refractivity contribution < 1.29 is 28.6 Å². The monoisotopic (exact) mass is 486 g/mol. The lowest BCUT2D eigenvalue weighted by molar-refractivity contribution is -0.131. The van der Waals surface area contributed by atoms with E-state index in [2.05, 4.69) is 10.3 Å². The van der Waals surface area contributed by atoms with Crippen molar-refractivity contribution in [2.75, 3.05) is 19.5 Å². The highest BCUT2D eigenvalue weighted by Gasteiger charge is 2.23. The largest absolute Gasteiger partial charge is 0.478 e. The van der Waals surface area contributed by atoms with Gasteiger partial charge >= 0.3 is 5.97 Å². The van der Waals surface area contributed by atoms with Gasteiger partial charge in [-0.2, -0.15) is 0 Å². The number of pyridine rings is 1. The average molecular weight is 487 g/mol. The van der Waals surface area contributed by atoms with Gasteiger partial charge in [0, 0.05) is 44.5 Å². The Bertz CT molecular complexity index is 1190. The summed E-state index contributed by atoms with van der Waals surface area (Å²) in [6, 6.07) is 9.32. The summed E-state index contributed by atoms with van der Waals surface area (Å²) in [6.45, 7) is 1.60. The van der Waals surface area contributed by atoms with E-state index in [4.69, 9.17) is 19.6 Å². The zero-order valence-electron chi connectivity index (χ0n) is 18.7. The van der Waals surface area contributed by atoms with Gasteiger partial charge in [-0.05, 0) is 41.8 Å². The second-order valence-electron chi connectivity index (χ2n) is 6.98. The zero-order valence-corrected chi connectivity index (χ0v) is 19.5. The van der Waals surface area contributed by atoms with Gasteiger partial charge in [-0.3, -0.25) is 4.79 Å². The molecule has 3 aromatic rings. The molecule has 9 nitrogen and oxygen atoms in total. The number of anilines is 1. The number of imidazole rings is 1. The lowest BCUT2D eigenvalue weighted by atomic mass is 10.1. The molecule has 0 fully saturated rings. The molecule has 0 aliphatic heterocycles. The number of amides is 1. The van der Waals surface area contributed by atoms with Gasteiger partial charge in [-0.15, -0.1) is 0 Å². The molecular weight excluding hydrogens is 463 g/mol. The van der Waals surface area contributed by atoms with Crippen LogP contribution in [0.3, 0.4) is 0 Å². The molecule has 0 radical (unpaired) electrons. The van der Waals surface area contributed by atoms with E-state index in [9.17, 15) is 14.0 Å². The maximum Gasteiger partial charge on any atom is 0.328 e. The molecule has 34 heavy (non-hydrogen) atoms. The number of carbonyl (C=O) groups excluding carboxylic acids is 1. The van der Waals surface area contributed by atoms with E-state index < -0.39 is 12.3 Å². The summed E-state index contributed by atoms with van der Waals surface area (Å²) < 4.78 is 26.2. The van der Waals surface area contributed by atoms with Crippen LogP contribution in [-0.2, 0) is 25.6 Å². The number of thioether (sulfide) groups is 1. The summed E-state index contributed by atoms with van der Waals surface area (Å²) in [6.07, 6.45) is 1.92. The molecule has 0 saturated carbocycles. The fourth-order valence-corrected chi connectivity index (χ4v) is 3.91. The third kappa shape index (κ3) is 6.28. The molecule has 2 heterocycles. The normalized spacial score (nSPS) is 11.3. The first-order valence-electron chi connectivity index (χ1n) is 10.0. The predicted octanol–water partition coefficient (Wildman–Crippen LogP) is 4.02. The molecule has 1 aromatic carbocycles. The van der Waals surface area contributed by atoms with E-state index in [0.29, 0.717) is 33.5 Å². The fourth-order valence-electron chi connectivity index (χ4n) is 3.17. The average Bonchev–Trinajstić information content (AvgIpc) is 3.15. The zero-order chi connectivity index (χ0) is 24.7. The number of halogens is 1. The van der Waals surface area contributed by atoms with Crippen molar-refractivity contribution in [3.8, 4) is 22.5 Å². The first-order valence-corrected chi connectivity index (χ1v) is 10.9. The molecule has 0 unspecified atom stereocenters. The quantitative estimate of drug-likeness (QED) is 0.251. The number of ether oxygens (including phenoxy) is 2. The molecule has 178 valence electrons. The van der Waals surface area contributed by atoms with Crippen LogP contribution in [-0.4, -0.2) is 52.0 Å². The Morgan fingerprint density at radius 1 is 1.21 bits per heavy atom. The predicted molar refractivity (Wildman–Crippen MR) is 126 cm³/mol. The highest BCUT2D eigenvalue weighted by Crippen LogP contribution is 2.37. The molecular formula is C23H23FN4O5S. The Hall–Kier alpha value is -3.54. The van der Waals surface area contributed by atoms with Crippen LogP contribution in [0.4, 0.5) is 10.2 Å². The minimum absolute atomic E-state index is 0.220. The Labute approximate surface area is 199 Å². The molecule has 2 aromatic heterocycles. The molecule has 0 aliphatic carbocycles. The van der Waals surface area contributed by atoms with Crippen LogP contribution in [0.1, 0.15) is 6.92 Å². The number of nitrogens with one attached hydrogen (secondary N) is 1. The summed E-state index contributed by atoms with van der Waals surface area (Å²) in [5, 5.41) is 13.5. The van der Waals surface area contributed by atoms with Gasteiger partial charge in [0.2, 0.25) is 5.91 Å². The third-order valence-electron chi connectivity index (χ3n) is 4.63. The van der Waals surface area contributed by atoms with Crippen molar-refractivity contribution in [1.29, 1.82) is 0 Å². The number of methoxy groups -OCH3 is 2. The summed E-state index contributed by atoms with van der Waals surface area (Å²) in [5.41, 5.74) is 2.47. The van der Waals surface area contributed by atoms with Crippen molar-refractivity contribution in [3.05, 3.63) is 59.9 Å². The number of rotatable bonds is 10. The van der Waals surface area contributed by atoms with Gasteiger partial charge in [0.1, 0.15) is 11.6 Å². The van der Waals surface area contributed by atoms with E-state index in [1.807, 2.05) is 4.57 Å². The Morgan fingerprint density at radius 3 is 2.53 bits per heavy atom. The lowest BCUT2D eigenvalue weighted by Crippen LogP contribution is -2.21. The number of carboxylic acids is 1. The van der Waals surface area contributed by atoms with Crippen molar-refractivity contribution >= 4 is 29.5 Å². The summed E-state index contributed by atoms with van der Waals surface area (Å²) in [7, 11) is 3.01. The third-order valence-corrected chi connectivity index (χ3v) is 5.42. The van der Waals surface area contributed by atoms with Crippen molar-refractivity contribution in [2.45, 2.75) is 24.9 Å². The van der Waals surface area contributed by atoms with Gasteiger partial charge in [0.05, 0.1) is 17.9 Å². The van der Waals surface area contributed by atoms with E-state index >= 15 is 0 Å². The molecule has 0 atom stereocenters. The number of benzene rings is 1. The van der Waals surface area contributed by atoms with Crippen LogP contribution in [0.25, 0.3) is 22.5 Å². The lowest BCUT2D eigenvalue weighted by Gasteiger charge is -2.18. The fraction of sp³-hybridized carbons (Fsp3) is 0.217. The molecule has 0 bridgehead atoms. The summed E-state index contributed by atoms with van der Waals surface area (Å²) in [4.78, 5) is 31.4. The van der Waals surface area contributed by atoms with Gasteiger partial charge in [-0.25, -0.2) is 19.2 Å². The first kappa shape index (κ1) is 25.1. The molecule has 0 spiro atoms. The number of aliphatic carboxylic acids is 1. The Morgan fingerprint density at radius 2 is 1.91 bits per heavy atom. The highest BCUT2D eigenvalue weighted by molar-refractivity contribution is 8.02. The number of nitrogens with zero attached hydrogens (tertiary/aromatic N) is 3. The summed E-state index contributed by atoms with van der Waals surface area (Å²) >= 11 is 1.10. The summed E-state index contributed by atoms with van der Waals surface area (Å²) in [5.74, 6) is -1.41. The SMILES string of the molecule is COC(Cn1c(S/C=C\C(=O)O)nc(-c2ccc(F)cc2)c1-c1ccnc(NC(C)=O)c1)OC. The van der Waals surface area contributed by atoms with Gasteiger partial charge in [0.15, 0.2) is 11.4 Å². The Balaban J connectivity index is 2.25. The van der Waals surface area contributed by atoms with E-state index in [1.165, 1.54) is 38.7 Å². The minimum atomic E-state index is -1.09. The highest BCUT2D eigenvalue weighted by atomic mass is 32.2. The van der Waals surface area contributed by atoms with E-state index in [1.54, 1.807) is 30.5 Å². The number of aromatic nitrogens is 3. The van der Waals surface area contributed by atoms with E-state index in [0.717, 1.165) is 17.8 Å². The number of hydrogen-bond acceptors (Lipinski definition) is 7. The van der Waals surface area contributed by atoms with Crippen LogP contribution in [0.2, 0.25) is 0 Å². The van der Waals surface area contributed by atoms with Gasteiger partial charge in [-0.1, -0.05) is 11.8 Å². The molecule has 0 saturated heterocycles. The van der Waals surface area contributed by atoms with Crippen LogP contribution in [0.15, 0.2) is 59.2 Å². The molecule has 3 rings (SSSR count). The second-order valence-corrected chi connectivity index (χ2v) is 7.85. The number of carbonyl (C=O) groups is 2. The van der Waals surface area contributed by atoms with Crippen LogP contribution in [0, 0.1) is 5.82 Å². The van der Waals surface area contributed by atoms with Crippen LogP contribution in [0.5, 0.6) is 0 Å².